The highest BCUT2D eigenvalue weighted by atomic mass is 16.2. The summed E-state index contributed by atoms with van der Waals surface area (Å²) < 4.78 is 0. The number of carbonyl (C=O) groups is 1. The number of aromatic nitrogens is 4. The van der Waals surface area contributed by atoms with Crippen LogP contribution in [0.15, 0.2) is 53.7 Å². The third-order valence-electron chi connectivity index (χ3n) is 4.91. The fraction of sp³-hybridized carbons (Fsp3) is 0.250. The summed E-state index contributed by atoms with van der Waals surface area (Å²) in [5.74, 6) is 0.00269. The number of likely N-dealkylation sites (tertiary alicyclic amines) is 1. The van der Waals surface area contributed by atoms with Crippen molar-refractivity contribution >= 4 is 11.9 Å². The molecule has 1 amide bonds. The number of anilines is 1. The number of nitrogen functional groups attached to an aromatic ring is 1. The summed E-state index contributed by atoms with van der Waals surface area (Å²) in [6.07, 6.45) is 4.60. The largest absolute Gasteiger partial charge is 0.368 e. The molecule has 142 valence electrons. The molecule has 3 N–H and O–H groups in total. The number of piperidine rings is 1. The van der Waals surface area contributed by atoms with Crippen molar-refractivity contribution in [2.75, 3.05) is 18.8 Å². The molecule has 1 aliphatic rings. The van der Waals surface area contributed by atoms with Crippen LogP contribution in [0.3, 0.4) is 0 Å². The summed E-state index contributed by atoms with van der Waals surface area (Å²) in [5.41, 5.74) is 8.04. The van der Waals surface area contributed by atoms with Gasteiger partial charge in [0.25, 0.3) is 11.5 Å². The highest BCUT2D eigenvalue weighted by Crippen LogP contribution is 2.28. The van der Waals surface area contributed by atoms with Crippen LogP contribution in [0.25, 0.3) is 11.3 Å². The van der Waals surface area contributed by atoms with Gasteiger partial charge in [-0.25, -0.2) is 15.0 Å². The molecule has 0 saturated carbocycles. The van der Waals surface area contributed by atoms with Crippen LogP contribution in [-0.2, 0) is 0 Å². The quantitative estimate of drug-likeness (QED) is 0.720. The first-order chi connectivity index (χ1) is 13.6. The molecule has 4 rings (SSSR count). The van der Waals surface area contributed by atoms with Gasteiger partial charge in [-0.3, -0.25) is 9.59 Å². The molecule has 2 aromatic heterocycles. The zero-order chi connectivity index (χ0) is 19.5. The number of nitrogens with two attached hydrogens (primary N) is 1. The number of hydrogen-bond donors (Lipinski definition) is 2. The molecule has 1 fully saturated rings. The lowest BCUT2D eigenvalue weighted by Crippen LogP contribution is -2.40. The van der Waals surface area contributed by atoms with Crippen LogP contribution in [0.1, 0.15) is 34.8 Å². The maximum atomic E-state index is 13.3. The Bertz CT molecular complexity index is 1050. The Kier molecular flexibility index (Phi) is 4.84. The van der Waals surface area contributed by atoms with E-state index in [4.69, 9.17) is 5.73 Å². The second-order valence-corrected chi connectivity index (χ2v) is 6.78. The number of benzene rings is 1. The SMILES string of the molecule is Nc1ncc(C(=O)N2CCC[C@@H](c3cc(=O)[nH]cn3)C2)c(-c2ccccc2)n1. The van der Waals surface area contributed by atoms with Crippen molar-refractivity contribution in [1.29, 1.82) is 0 Å². The first kappa shape index (κ1) is 17.8. The zero-order valence-corrected chi connectivity index (χ0v) is 15.2. The Hall–Kier alpha value is -3.55. The van der Waals surface area contributed by atoms with E-state index in [2.05, 4.69) is 19.9 Å². The molecular weight excluding hydrogens is 356 g/mol. The van der Waals surface area contributed by atoms with E-state index in [1.54, 1.807) is 4.90 Å². The molecule has 28 heavy (non-hydrogen) atoms. The van der Waals surface area contributed by atoms with E-state index >= 15 is 0 Å². The van der Waals surface area contributed by atoms with Crippen LogP contribution in [0.2, 0.25) is 0 Å². The van der Waals surface area contributed by atoms with E-state index in [1.165, 1.54) is 18.6 Å². The van der Waals surface area contributed by atoms with Crippen molar-refractivity contribution in [3.05, 3.63) is 70.5 Å². The van der Waals surface area contributed by atoms with Crippen LogP contribution in [-0.4, -0.2) is 43.8 Å². The molecule has 0 radical (unpaired) electrons. The number of carbonyl (C=O) groups excluding carboxylic acids is 1. The van der Waals surface area contributed by atoms with Gasteiger partial charge in [0.2, 0.25) is 5.95 Å². The first-order valence-corrected chi connectivity index (χ1v) is 9.13. The molecule has 1 aromatic carbocycles. The van der Waals surface area contributed by atoms with E-state index in [9.17, 15) is 9.59 Å². The van der Waals surface area contributed by atoms with Gasteiger partial charge in [0.15, 0.2) is 0 Å². The van der Waals surface area contributed by atoms with Gasteiger partial charge >= 0.3 is 0 Å². The van der Waals surface area contributed by atoms with Crippen LogP contribution in [0.5, 0.6) is 0 Å². The predicted molar refractivity (Wildman–Crippen MR) is 105 cm³/mol. The lowest BCUT2D eigenvalue weighted by molar-refractivity contribution is 0.0706. The number of H-pyrrole nitrogens is 1. The fourth-order valence-corrected chi connectivity index (χ4v) is 3.55. The lowest BCUT2D eigenvalue weighted by atomic mass is 9.94. The number of rotatable bonds is 3. The second kappa shape index (κ2) is 7.59. The summed E-state index contributed by atoms with van der Waals surface area (Å²) in [5, 5.41) is 0. The molecule has 0 spiro atoms. The van der Waals surface area contributed by atoms with Gasteiger partial charge in [-0.2, -0.15) is 0 Å². The highest BCUT2D eigenvalue weighted by molar-refractivity contribution is 5.99. The van der Waals surface area contributed by atoms with Crippen molar-refractivity contribution in [3.8, 4) is 11.3 Å². The van der Waals surface area contributed by atoms with Crippen LogP contribution >= 0.6 is 0 Å². The average molecular weight is 376 g/mol. The Morgan fingerprint density at radius 2 is 2.04 bits per heavy atom. The minimum absolute atomic E-state index is 0.0230. The van der Waals surface area contributed by atoms with Crippen molar-refractivity contribution in [1.82, 2.24) is 24.8 Å². The molecule has 8 heteroatoms. The molecule has 8 nitrogen and oxygen atoms in total. The second-order valence-electron chi connectivity index (χ2n) is 6.78. The molecule has 0 aliphatic carbocycles. The summed E-state index contributed by atoms with van der Waals surface area (Å²) >= 11 is 0. The van der Waals surface area contributed by atoms with Crippen molar-refractivity contribution in [2.24, 2.45) is 0 Å². The number of nitrogens with zero attached hydrogens (tertiary/aromatic N) is 4. The van der Waals surface area contributed by atoms with E-state index in [1.807, 2.05) is 30.3 Å². The maximum absolute atomic E-state index is 13.3. The van der Waals surface area contributed by atoms with Crippen LogP contribution in [0, 0.1) is 0 Å². The van der Waals surface area contributed by atoms with E-state index in [-0.39, 0.29) is 23.3 Å². The van der Waals surface area contributed by atoms with Crippen LogP contribution in [0.4, 0.5) is 5.95 Å². The van der Waals surface area contributed by atoms with Crippen molar-refractivity contribution < 1.29 is 4.79 Å². The average Bonchev–Trinajstić information content (AvgIpc) is 2.74. The van der Waals surface area contributed by atoms with Crippen LogP contribution < -0.4 is 11.3 Å². The van der Waals surface area contributed by atoms with Gasteiger partial charge < -0.3 is 15.6 Å². The van der Waals surface area contributed by atoms with Gasteiger partial charge in [0.1, 0.15) is 0 Å². The summed E-state index contributed by atoms with van der Waals surface area (Å²) in [6.45, 7) is 1.13. The van der Waals surface area contributed by atoms with Gasteiger partial charge in [-0.15, -0.1) is 0 Å². The lowest BCUT2D eigenvalue weighted by Gasteiger charge is -2.32. The molecule has 3 aromatic rings. The molecule has 1 saturated heterocycles. The predicted octanol–water partition coefficient (Wildman–Crippen LogP) is 1.83. The molecule has 0 unspecified atom stereocenters. The zero-order valence-electron chi connectivity index (χ0n) is 15.2. The molecule has 0 bridgehead atoms. The third-order valence-corrected chi connectivity index (χ3v) is 4.91. The Morgan fingerprint density at radius 3 is 2.82 bits per heavy atom. The smallest absolute Gasteiger partial charge is 0.257 e. The van der Waals surface area contributed by atoms with Gasteiger partial charge in [0.05, 0.1) is 23.3 Å². The normalized spacial score (nSPS) is 16.7. The number of amides is 1. The standard InChI is InChI=1S/C20H20N6O2/c21-20-22-10-15(18(25-20)13-5-2-1-3-6-13)19(28)26-8-4-7-14(11-26)16-9-17(27)24-12-23-16/h1-3,5-6,9-10,12,14H,4,7-8,11H2,(H2,21,22,25)(H,23,24,27)/t14-/m1/s1. The number of aromatic amines is 1. The molecule has 1 aliphatic heterocycles. The summed E-state index contributed by atoms with van der Waals surface area (Å²) in [7, 11) is 0. The number of nitrogens with one attached hydrogen (secondary N) is 1. The van der Waals surface area contributed by atoms with Crippen molar-refractivity contribution in [2.45, 2.75) is 18.8 Å². The third kappa shape index (κ3) is 3.62. The van der Waals surface area contributed by atoms with E-state index in [0.717, 1.165) is 18.4 Å². The van der Waals surface area contributed by atoms with Gasteiger partial charge in [-0.1, -0.05) is 30.3 Å². The fourth-order valence-electron chi connectivity index (χ4n) is 3.55. The first-order valence-electron chi connectivity index (χ1n) is 9.13. The van der Waals surface area contributed by atoms with E-state index in [0.29, 0.717) is 30.0 Å². The summed E-state index contributed by atoms with van der Waals surface area (Å²) in [4.78, 5) is 41.8. The Labute approximate surface area is 161 Å². The van der Waals surface area contributed by atoms with Gasteiger partial charge in [0, 0.05) is 36.8 Å². The Balaban J connectivity index is 1.64. The summed E-state index contributed by atoms with van der Waals surface area (Å²) in [6, 6.07) is 10.9. The minimum atomic E-state index is -0.188. The monoisotopic (exact) mass is 376 g/mol. The minimum Gasteiger partial charge on any atom is -0.368 e. The van der Waals surface area contributed by atoms with Crippen molar-refractivity contribution in [3.63, 3.8) is 0 Å². The molecular formula is C20H20N6O2. The molecule has 1 atom stereocenters. The molecule has 3 heterocycles. The van der Waals surface area contributed by atoms with E-state index < -0.39 is 0 Å². The maximum Gasteiger partial charge on any atom is 0.257 e. The Morgan fingerprint density at radius 1 is 1.21 bits per heavy atom. The topological polar surface area (TPSA) is 118 Å². The number of hydrogen-bond acceptors (Lipinski definition) is 6. The highest BCUT2D eigenvalue weighted by Gasteiger charge is 2.28. The van der Waals surface area contributed by atoms with Gasteiger partial charge in [-0.05, 0) is 12.8 Å².